The molecular weight excluding hydrogens is 661 g/mol. The number of aromatic nitrogens is 4. The first-order valence-electron chi connectivity index (χ1n) is 18.5. The fraction of sp³-hybridized carbons (Fsp3) is 0.0612. The van der Waals surface area contributed by atoms with Crippen LogP contribution in [0.4, 0.5) is 0 Å². The van der Waals surface area contributed by atoms with Crippen molar-refractivity contribution in [1.82, 2.24) is 19.1 Å². The molecule has 0 amide bonds. The van der Waals surface area contributed by atoms with Crippen molar-refractivity contribution in [3.8, 4) is 34.0 Å². The van der Waals surface area contributed by atoms with Crippen molar-refractivity contribution in [3.63, 3.8) is 0 Å². The Morgan fingerprint density at radius 3 is 2.17 bits per heavy atom. The summed E-state index contributed by atoms with van der Waals surface area (Å²) in [6, 6.07) is 54.3. The lowest BCUT2D eigenvalue weighted by molar-refractivity contribution is 0.661. The first-order chi connectivity index (χ1) is 26.5. The summed E-state index contributed by atoms with van der Waals surface area (Å²) in [5, 5.41) is 6.83. The Morgan fingerprint density at radius 1 is 0.519 bits per heavy atom. The van der Waals surface area contributed by atoms with Gasteiger partial charge < -0.3 is 8.98 Å². The Kier molecular flexibility index (Phi) is 5.78. The Morgan fingerprint density at radius 2 is 1.26 bits per heavy atom. The van der Waals surface area contributed by atoms with Gasteiger partial charge in [0.2, 0.25) is 5.95 Å². The minimum absolute atomic E-state index is 0.0936. The number of furan rings is 1. The largest absolute Gasteiger partial charge is 0.455 e. The summed E-state index contributed by atoms with van der Waals surface area (Å²) in [6.07, 6.45) is 1.88. The number of hydrogen-bond donors (Lipinski definition) is 0. The van der Waals surface area contributed by atoms with Gasteiger partial charge in [0.15, 0.2) is 0 Å². The Balaban J connectivity index is 1.08. The molecule has 7 aromatic carbocycles. The van der Waals surface area contributed by atoms with Crippen LogP contribution in [0.2, 0.25) is 0 Å². The zero-order valence-corrected chi connectivity index (χ0v) is 29.7. The van der Waals surface area contributed by atoms with E-state index in [9.17, 15) is 0 Å². The van der Waals surface area contributed by atoms with Gasteiger partial charge in [0.05, 0.1) is 33.1 Å². The minimum atomic E-state index is -0.0936. The number of nitrogens with zero attached hydrogens (tertiary/aromatic N) is 4. The number of rotatable bonds is 3. The first kappa shape index (κ1) is 29.6. The molecule has 0 atom stereocenters. The highest BCUT2D eigenvalue weighted by molar-refractivity contribution is 6.23. The molecule has 54 heavy (non-hydrogen) atoms. The molecule has 1 aliphatic rings. The predicted octanol–water partition coefficient (Wildman–Crippen LogP) is 12.5. The average molecular weight is 693 g/mol. The van der Waals surface area contributed by atoms with Gasteiger partial charge >= 0.3 is 0 Å². The van der Waals surface area contributed by atoms with Gasteiger partial charge in [-0.3, -0.25) is 4.57 Å². The van der Waals surface area contributed by atoms with Gasteiger partial charge in [0, 0.05) is 49.8 Å². The van der Waals surface area contributed by atoms with E-state index < -0.39 is 0 Å². The summed E-state index contributed by atoms with van der Waals surface area (Å²) in [6.45, 7) is 4.70. The molecule has 4 aromatic heterocycles. The molecular formula is C49H32N4O. The molecule has 0 radical (unpaired) electrons. The van der Waals surface area contributed by atoms with E-state index in [2.05, 4.69) is 156 Å². The first-order valence-corrected chi connectivity index (χ1v) is 18.5. The van der Waals surface area contributed by atoms with E-state index in [1.807, 2.05) is 24.4 Å². The molecule has 0 saturated carbocycles. The highest BCUT2D eigenvalue weighted by Gasteiger charge is 2.36. The van der Waals surface area contributed by atoms with Gasteiger partial charge in [0.1, 0.15) is 11.2 Å². The summed E-state index contributed by atoms with van der Waals surface area (Å²) >= 11 is 0. The van der Waals surface area contributed by atoms with Crippen molar-refractivity contribution in [3.05, 3.63) is 169 Å². The van der Waals surface area contributed by atoms with Crippen molar-refractivity contribution in [2.45, 2.75) is 19.3 Å². The SMILES string of the molecule is CC1(C)c2ccccc2-c2cc3c4cc(-c5ccnc(-n6c7ccccc7c7c8oc9ccccc9c8ccc76)n5)ccc4n(-c4ccccc4)c3cc21. The third-order valence-corrected chi connectivity index (χ3v) is 11.8. The standard InChI is InChI=1S/C49H32N4O/c1-49(2)38-17-9-6-14-31(38)35-27-37-36-26-29(20-22-42(36)52(44(37)28-39(35)49)30-12-4-3-5-13-30)40-24-25-50-48(51-40)53-41-18-10-7-16-34(41)46-43(53)23-21-33-32-15-8-11-19-45(32)54-47(33)46/h3-28H,1-2H3. The van der Waals surface area contributed by atoms with E-state index in [1.54, 1.807) is 0 Å². The predicted molar refractivity (Wildman–Crippen MR) is 221 cm³/mol. The highest BCUT2D eigenvalue weighted by Crippen LogP contribution is 2.51. The summed E-state index contributed by atoms with van der Waals surface area (Å²) < 4.78 is 11.1. The van der Waals surface area contributed by atoms with Gasteiger partial charge in [-0.1, -0.05) is 98.8 Å². The van der Waals surface area contributed by atoms with Gasteiger partial charge in [-0.05, 0) is 89.0 Å². The fourth-order valence-corrected chi connectivity index (χ4v) is 9.30. The van der Waals surface area contributed by atoms with E-state index in [0.717, 1.165) is 60.7 Å². The Labute approximate surface area is 310 Å². The van der Waals surface area contributed by atoms with E-state index >= 15 is 0 Å². The van der Waals surface area contributed by atoms with Gasteiger partial charge in [-0.2, -0.15) is 0 Å². The summed E-state index contributed by atoms with van der Waals surface area (Å²) in [5.41, 5.74) is 14.5. The molecule has 0 N–H and O–H groups in total. The number of hydrogen-bond acceptors (Lipinski definition) is 3. The Hall–Kier alpha value is -6.98. The second-order valence-electron chi connectivity index (χ2n) is 15.0. The van der Waals surface area contributed by atoms with E-state index in [-0.39, 0.29) is 5.41 Å². The van der Waals surface area contributed by atoms with Crippen LogP contribution >= 0.6 is 0 Å². The van der Waals surface area contributed by atoms with Crippen molar-refractivity contribution in [2.24, 2.45) is 0 Å². The topological polar surface area (TPSA) is 48.8 Å². The van der Waals surface area contributed by atoms with Gasteiger partial charge in [-0.25, -0.2) is 9.97 Å². The number of para-hydroxylation sites is 3. The number of benzene rings is 7. The molecule has 0 saturated heterocycles. The number of fused-ring (bicyclic) bond motifs is 13. The van der Waals surface area contributed by atoms with Crippen LogP contribution in [-0.2, 0) is 5.41 Å². The molecule has 0 fully saturated rings. The zero-order chi connectivity index (χ0) is 35.7. The molecule has 0 bridgehead atoms. The molecule has 5 nitrogen and oxygen atoms in total. The van der Waals surface area contributed by atoms with Crippen molar-refractivity contribution in [2.75, 3.05) is 0 Å². The quantitative estimate of drug-likeness (QED) is 0.185. The lowest BCUT2D eigenvalue weighted by atomic mass is 9.82. The summed E-state index contributed by atoms with van der Waals surface area (Å²) in [5.74, 6) is 0.623. The fourth-order valence-electron chi connectivity index (χ4n) is 9.30. The van der Waals surface area contributed by atoms with E-state index in [1.165, 1.54) is 44.1 Å². The average Bonchev–Trinajstić information content (AvgIpc) is 3.92. The summed E-state index contributed by atoms with van der Waals surface area (Å²) in [4.78, 5) is 10.2. The van der Waals surface area contributed by atoms with E-state index in [0.29, 0.717) is 5.95 Å². The van der Waals surface area contributed by atoms with Crippen LogP contribution in [0.3, 0.4) is 0 Å². The maximum absolute atomic E-state index is 6.53. The maximum atomic E-state index is 6.53. The molecule has 0 aliphatic heterocycles. The maximum Gasteiger partial charge on any atom is 0.235 e. The van der Waals surface area contributed by atoms with Crippen molar-refractivity contribution >= 4 is 65.6 Å². The normalized spacial score (nSPS) is 13.5. The lowest BCUT2D eigenvalue weighted by Crippen LogP contribution is -2.14. The molecule has 5 heteroatoms. The second-order valence-corrected chi connectivity index (χ2v) is 15.0. The van der Waals surface area contributed by atoms with Crippen LogP contribution in [-0.4, -0.2) is 19.1 Å². The smallest absolute Gasteiger partial charge is 0.235 e. The summed E-state index contributed by atoms with van der Waals surface area (Å²) in [7, 11) is 0. The van der Waals surface area contributed by atoms with Crippen molar-refractivity contribution < 1.29 is 4.42 Å². The second kappa shape index (κ2) is 10.6. The molecule has 0 unspecified atom stereocenters. The van der Waals surface area contributed by atoms with E-state index in [4.69, 9.17) is 14.4 Å². The highest BCUT2D eigenvalue weighted by atomic mass is 16.3. The van der Waals surface area contributed by atoms with Crippen LogP contribution in [0.25, 0.3) is 99.6 Å². The molecule has 1 aliphatic carbocycles. The zero-order valence-electron chi connectivity index (χ0n) is 29.7. The van der Waals surface area contributed by atoms with Crippen LogP contribution in [0, 0.1) is 0 Å². The van der Waals surface area contributed by atoms with Crippen LogP contribution in [0.1, 0.15) is 25.0 Å². The van der Waals surface area contributed by atoms with Crippen LogP contribution in [0.15, 0.2) is 162 Å². The van der Waals surface area contributed by atoms with Gasteiger partial charge in [0.25, 0.3) is 0 Å². The monoisotopic (exact) mass is 692 g/mol. The van der Waals surface area contributed by atoms with Gasteiger partial charge in [-0.15, -0.1) is 0 Å². The lowest BCUT2D eigenvalue weighted by Gasteiger charge is -2.21. The molecule has 12 rings (SSSR count). The molecule has 11 aromatic rings. The molecule has 0 spiro atoms. The third-order valence-electron chi connectivity index (χ3n) is 11.8. The van der Waals surface area contributed by atoms with Crippen molar-refractivity contribution in [1.29, 1.82) is 0 Å². The molecule has 4 heterocycles. The third kappa shape index (κ3) is 3.88. The molecule has 254 valence electrons. The minimum Gasteiger partial charge on any atom is -0.455 e. The van der Waals surface area contributed by atoms with Crippen LogP contribution in [0.5, 0.6) is 0 Å². The Bertz CT molecular complexity index is 3360. The van der Waals surface area contributed by atoms with Crippen LogP contribution < -0.4 is 0 Å².